The molecule has 0 saturated carbocycles. The van der Waals surface area contributed by atoms with Gasteiger partial charge >= 0.3 is 0 Å². The summed E-state index contributed by atoms with van der Waals surface area (Å²) in [5.74, 6) is -0.232. The molecule has 0 saturated heterocycles. The Morgan fingerprint density at radius 3 is 2.80 bits per heavy atom. The molecule has 2 heterocycles. The first-order valence-electron chi connectivity index (χ1n) is 6.33. The fourth-order valence-electron chi connectivity index (χ4n) is 2.04. The number of hydrogen-bond donors (Lipinski definition) is 2. The van der Waals surface area contributed by atoms with Crippen LogP contribution in [0, 0.1) is 13.8 Å². The third kappa shape index (κ3) is 2.14. The van der Waals surface area contributed by atoms with Gasteiger partial charge in [0.1, 0.15) is 0 Å². The number of carbonyl (C=O) groups is 1. The number of nitrogens with zero attached hydrogens (tertiary/aromatic N) is 2. The van der Waals surface area contributed by atoms with Crippen molar-refractivity contribution in [3.8, 4) is 0 Å². The number of fused-ring (bicyclic) bond motifs is 1. The molecule has 0 fully saturated rings. The molecule has 1 amide bonds. The lowest BCUT2D eigenvalue weighted by atomic mass is 10.2. The lowest BCUT2D eigenvalue weighted by Gasteiger charge is -2.05. The molecule has 0 aliphatic heterocycles. The molecule has 20 heavy (non-hydrogen) atoms. The van der Waals surface area contributed by atoms with E-state index in [2.05, 4.69) is 20.5 Å². The second-order valence-corrected chi connectivity index (χ2v) is 4.69. The van der Waals surface area contributed by atoms with Crippen LogP contribution < -0.4 is 5.32 Å². The molecule has 0 atom stereocenters. The Hall–Kier alpha value is -2.69. The third-order valence-electron chi connectivity index (χ3n) is 3.32. The molecule has 5 heteroatoms. The second kappa shape index (κ2) is 4.77. The lowest BCUT2D eigenvalue weighted by Crippen LogP contribution is -2.13. The Bertz CT molecular complexity index is 791. The van der Waals surface area contributed by atoms with Gasteiger partial charge in [0.15, 0.2) is 5.69 Å². The summed E-state index contributed by atoms with van der Waals surface area (Å²) in [6, 6.07) is 9.67. The SMILES string of the molecule is Cc1[nH]nc(C(=O)Nc2cnc3ccccc3c2)c1C. The maximum atomic E-state index is 12.2. The van der Waals surface area contributed by atoms with Gasteiger partial charge in [0, 0.05) is 16.6 Å². The summed E-state index contributed by atoms with van der Waals surface area (Å²) in [6.07, 6.45) is 1.65. The highest BCUT2D eigenvalue weighted by atomic mass is 16.1. The number of pyridine rings is 1. The number of rotatable bonds is 2. The van der Waals surface area contributed by atoms with Gasteiger partial charge in [0.2, 0.25) is 0 Å². The zero-order valence-electron chi connectivity index (χ0n) is 11.3. The first-order chi connectivity index (χ1) is 9.65. The van der Waals surface area contributed by atoms with Crippen LogP contribution in [-0.2, 0) is 0 Å². The van der Waals surface area contributed by atoms with Crippen molar-refractivity contribution in [1.29, 1.82) is 0 Å². The smallest absolute Gasteiger partial charge is 0.276 e. The van der Waals surface area contributed by atoms with E-state index in [4.69, 9.17) is 0 Å². The molecular formula is C15H14N4O. The van der Waals surface area contributed by atoms with Gasteiger partial charge in [-0.3, -0.25) is 14.9 Å². The number of hydrogen-bond acceptors (Lipinski definition) is 3. The average molecular weight is 266 g/mol. The van der Waals surface area contributed by atoms with Crippen molar-refractivity contribution in [3.05, 3.63) is 53.5 Å². The van der Waals surface area contributed by atoms with Crippen LogP contribution in [0.5, 0.6) is 0 Å². The zero-order chi connectivity index (χ0) is 14.1. The summed E-state index contributed by atoms with van der Waals surface area (Å²) in [4.78, 5) is 16.5. The molecule has 0 radical (unpaired) electrons. The largest absolute Gasteiger partial charge is 0.319 e. The number of nitrogens with one attached hydrogen (secondary N) is 2. The van der Waals surface area contributed by atoms with Crippen LogP contribution in [0.1, 0.15) is 21.7 Å². The van der Waals surface area contributed by atoms with Gasteiger partial charge < -0.3 is 5.32 Å². The number of amides is 1. The molecule has 0 aliphatic carbocycles. The Labute approximate surface area is 116 Å². The van der Waals surface area contributed by atoms with Crippen LogP contribution in [0.2, 0.25) is 0 Å². The highest BCUT2D eigenvalue weighted by molar-refractivity contribution is 6.04. The normalized spacial score (nSPS) is 10.7. The van der Waals surface area contributed by atoms with Crippen LogP contribution in [0.25, 0.3) is 10.9 Å². The Balaban J connectivity index is 1.89. The standard InChI is InChI=1S/C15H14N4O/c1-9-10(2)18-19-14(9)15(20)17-12-7-11-5-3-4-6-13(11)16-8-12/h3-8H,1-2H3,(H,17,20)(H,18,19). The Morgan fingerprint density at radius 1 is 1.25 bits per heavy atom. The third-order valence-corrected chi connectivity index (χ3v) is 3.32. The van der Waals surface area contributed by atoms with Crippen LogP contribution in [0.4, 0.5) is 5.69 Å². The Kier molecular flexibility index (Phi) is 2.95. The highest BCUT2D eigenvalue weighted by Crippen LogP contribution is 2.17. The topological polar surface area (TPSA) is 70.7 Å². The van der Waals surface area contributed by atoms with Crippen LogP contribution in [0.3, 0.4) is 0 Å². The van der Waals surface area contributed by atoms with E-state index >= 15 is 0 Å². The zero-order valence-corrected chi connectivity index (χ0v) is 11.3. The van der Waals surface area contributed by atoms with E-state index in [1.54, 1.807) is 6.20 Å². The molecule has 1 aromatic carbocycles. The number of aromatic nitrogens is 3. The van der Waals surface area contributed by atoms with Crippen molar-refractivity contribution in [2.24, 2.45) is 0 Å². The van der Waals surface area contributed by atoms with Crippen molar-refractivity contribution in [3.63, 3.8) is 0 Å². The van der Waals surface area contributed by atoms with E-state index in [1.807, 2.05) is 44.2 Å². The van der Waals surface area contributed by atoms with Crippen molar-refractivity contribution >= 4 is 22.5 Å². The van der Waals surface area contributed by atoms with Crippen molar-refractivity contribution < 1.29 is 4.79 Å². The van der Waals surface area contributed by atoms with E-state index in [0.29, 0.717) is 11.4 Å². The number of H-pyrrole nitrogens is 1. The monoisotopic (exact) mass is 266 g/mol. The van der Waals surface area contributed by atoms with Crippen LogP contribution in [-0.4, -0.2) is 21.1 Å². The molecule has 0 spiro atoms. The predicted octanol–water partition coefficient (Wildman–Crippen LogP) is 2.83. The molecule has 2 N–H and O–H groups in total. The molecule has 0 bridgehead atoms. The van der Waals surface area contributed by atoms with Gasteiger partial charge in [-0.05, 0) is 26.0 Å². The highest BCUT2D eigenvalue weighted by Gasteiger charge is 2.14. The minimum absolute atomic E-state index is 0.232. The van der Waals surface area contributed by atoms with Gasteiger partial charge in [-0.15, -0.1) is 0 Å². The van der Waals surface area contributed by atoms with Crippen LogP contribution in [0.15, 0.2) is 36.5 Å². The van der Waals surface area contributed by atoms with E-state index in [9.17, 15) is 4.79 Å². The van der Waals surface area contributed by atoms with Crippen molar-refractivity contribution in [2.45, 2.75) is 13.8 Å². The van der Waals surface area contributed by atoms with E-state index in [0.717, 1.165) is 22.2 Å². The van der Waals surface area contributed by atoms with E-state index in [-0.39, 0.29) is 5.91 Å². The van der Waals surface area contributed by atoms with Crippen molar-refractivity contribution in [1.82, 2.24) is 15.2 Å². The lowest BCUT2D eigenvalue weighted by molar-refractivity contribution is 0.102. The molecule has 0 unspecified atom stereocenters. The maximum Gasteiger partial charge on any atom is 0.276 e. The summed E-state index contributed by atoms with van der Waals surface area (Å²) < 4.78 is 0. The number of anilines is 1. The quantitative estimate of drug-likeness (QED) is 0.749. The van der Waals surface area contributed by atoms with Crippen molar-refractivity contribution in [2.75, 3.05) is 5.32 Å². The summed E-state index contributed by atoms with van der Waals surface area (Å²) in [7, 11) is 0. The molecule has 100 valence electrons. The van der Waals surface area contributed by atoms with E-state index in [1.165, 1.54) is 0 Å². The molecular weight excluding hydrogens is 252 g/mol. The minimum Gasteiger partial charge on any atom is -0.319 e. The van der Waals surface area contributed by atoms with Gasteiger partial charge in [0.05, 0.1) is 17.4 Å². The van der Waals surface area contributed by atoms with Gasteiger partial charge in [-0.2, -0.15) is 5.10 Å². The molecule has 5 nitrogen and oxygen atoms in total. The number of carbonyl (C=O) groups excluding carboxylic acids is 1. The molecule has 3 aromatic rings. The average Bonchev–Trinajstić information content (AvgIpc) is 2.79. The predicted molar refractivity (Wildman–Crippen MR) is 77.8 cm³/mol. The molecule has 3 rings (SSSR count). The summed E-state index contributed by atoms with van der Waals surface area (Å²) in [6.45, 7) is 3.75. The summed E-state index contributed by atoms with van der Waals surface area (Å²) >= 11 is 0. The van der Waals surface area contributed by atoms with Gasteiger partial charge in [-0.1, -0.05) is 18.2 Å². The number of para-hydroxylation sites is 1. The maximum absolute atomic E-state index is 12.2. The van der Waals surface area contributed by atoms with Crippen LogP contribution >= 0.6 is 0 Å². The minimum atomic E-state index is -0.232. The molecule has 2 aromatic heterocycles. The fraction of sp³-hybridized carbons (Fsp3) is 0.133. The molecule has 0 aliphatic rings. The fourth-order valence-corrected chi connectivity index (χ4v) is 2.04. The second-order valence-electron chi connectivity index (χ2n) is 4.69. The van der Waals surface area contributed by atoms with E-state index < -0.39 is 0 Å². The first-order valence-corrected chi connectivity index (χ1v) is 6.33. The number of aromatic amines is 1. The van der Waals surface area contributed by atoms with Gasteiger partial charge in [0.25, 0.3) is 5.91 Å². The Morgan fingerprint density at radius 2 is 2.05 bits per heavy atom. The summed E-state index contributed by atoms with van der Waals surface area (Å²) in [5.41, 5.74) is 3.73. The number of benzene rings is 1. The van der Waals surface area contributed by atoms with Gasteiger partial charge in [-0.25, -0.2) is 0 Å². The summed E-state index contributed by atoms with van der Waals surface area (Å²) in [5, 5.41) is 10.6. The number of aryl methyl sites for hydroxylation is 1. The first kappa shape index (κ1) is 12.3.